The van der Waals surface area contributed by atoms with Crippen LogP contribution in [0.25, 0.3) is 0 Å². The van der Waals surface area contributed by atoms with Gasteiger partial charge in [0.25, 0.3) is 0 Å². The molecule has 0 radical (unpaired) electrons. The molecule has 4 heteroatoms. The zero-order valence-corrected chi connectivity index (χ0v) is 7.95. The molecule has 0 saturated carbocycles. The summed E-state index contributed by atoms with van der Waals surface area (Å²) in [4.78, 5) is 10.4. The molecule has 0 aliphatic carbocycles. The molecular weight excluding hydrogens is 170 g/mol. The molecule has 0 spiro atoms. The van der Waals surface area contributed by atoms with Gasteiger partial charge in [-0.1, -0.05) is 0 Å². The number of methoxy groups -OCH3 is 1. The van der Waals surface area contributed by atoms with Gasteiger partial charge in [-0.3, -0.25) is 4.79 Å². The van der Waals surface area contributed by atoms with Crippen LogP contribution in [-0.2, 0) is 9.53 Å². The van der Waals surface area contributed by atoms with Crippen LogP contribution in [0.2, 0.25) is 0 Å². The smallest absolute Gasteiger partial charge is 0.303 e. The molecule has 1 aliphatic rings. The van der Waals surface area contributed by atoms with E-state index in [1.54, 1.807) is 7.11 Å². The van der Waals surface area contributed by atoms with Gasteiger partial charge in [-0.15, -0.1) is 0 Å². The first-order chi connectivity index (χ1) is 6.22. The van der Waals surface area contributed by atoms with Crippen LogP contribution < -0.4 is 5.32 Å². The van der Waals surface area contributed by atoms with E-state index in [9.17, 15) is 4.79 Å². The Kier molecular flexibility index (Phi) is 4.18. The van der Waals surface area contributed by atoms with Gasteiger partial charge in [-0.25, -0.2) is 0 Å². The summed E-state index contributed by atoms with van der Waals surface area (Å²) < 4.78 is 5.02. The monoisotopic (exact) mass is 187 g/mol. The minimum Gasteiger partial charge on any atom is -0.481 e. The molecular formula is C9H17NO3. The van der Waals surface area contributed by atoms with Crippen LogP contribution >= 0.6 is 0 Å². The van der Waals surface area contributed by atoms with Gasteiger partial charge in [0.2, 0.25) is 0 Å². The fourth-order valence-electron chi connectivity index (χ4n) is 1.74. The lowest BCUT2D eigenvalue weighted by molar-refractivity contribution is -0.138. The summed E-state index contributed by atoms with van der Waals surface area (Å²) in [6.07, 6.45) is 2.30. The van der Waals surface area contributed by atoms with Crippen molar-refractivity contribution in [3.8, 4) is 0 Å². The molecule has 1 aliphatic heterocycles. The molecule has 76 valence electrons. The Morgan fingerprint density at radius 3 is 2.85 bits per heavy atom. The molecule has 2 unspecified atom stereocenters. The Morgan fingerprint density at radius 1 is 1.62 bits per heavy atom. The molecule has 1 fully saturated rings. The van der Waals surface area contributed by atoms with Crippen molar-refractivity contribution in [1.82, 2.24) is 5.32 Å². The molecule has 0 bridgehead atoms. The van der Waals surface area contributed by atoms with Crippen molar-refractivity contribution in [3.05, 3.63) is 0 Å². The molecule has 2 atom stereocenters. The molecule has 0 aromatic rings. The van der Waals surface area contributed by atoms with Crippen molar-refractivity contribution in [1.29, 1.82) is 0 Å². The van der Waals surface area contributed by atoms with Gasteiger partial charge >= 0.3 is 5.97 Å². The molecule has 0 aromatic carbocycles. The summed E-state index contributed by atoms with van der Waals surface area (Å²) in [7, 11) is 1.69. The summed E-state index contributed by atoms with van der Waals surface area (Å²) in [5, 5.41) is 11.9. The Bertz CT molecular complexity index is 164. The van der Waals surface area contributed by atoms with E-state index in [1.165, 1.54) is 0 Å². The van der Waals surface area contributed by atoms with Gasteiger partial charge in [0.15, 0.2) is 0 Å². The van der Waals surface area contributed by atoms with E-state index in [-0.39, 0.29) is 6.42 Å². The number of carboxylic acids is 1. The van der Waals surface area contributed by atoms with Crippen LogP contribution in [0.15, 0.2) is 0 Å². The molecule has 4 nitrogen and oxygen atoms in total. The Morgan fingerprint density at radius 2 is 2.38 bits per heavy atom. The normalized spacial score (nSPS) is 28.7. The SMILES string of the molecule is COCC1CCC(CC(=O)O)CN1. The molecule has 0 amide bonds. The number of rotatable bonds is 4. The van der Waals surface area contributed by atoms with Crippen molar-refractivity contribution in [2.45, 2.75) is 25.3 Å². The largest absolute Gasteiger partial charge is 0.481 e. The summed E-state index contributed by atoms with van der Waals surface area (Å²) in [5.41, 5.74) is 0. The van der Waals surface area contributed by atoms with E-state index in [2.05, 4.69) is 5.32 Å². The van der Waals surface area contributed by atoms with Crippen molar-refractivity contribution in [3.63, 3.8) is 0 Å². The third-order valence-corrected chi connectivity index (χ3v) is 2.45. The Balaban J connectivity index is 2.18. The highest BCUT2D eigenvalue weighted by Crippen LogP contribution is 2.17. The molecule has 2 N–H and O–H groups in total. The van der Waals surface area contributed by atoms with E-state index in [4.69, 9.17) is 9.84 Å². The minimum absolute atomic E-state index is 0.284. The number of carbonyl (C=O) groups is 1. The summed E-state index contributed by atoms with van der Waals surface area (Å²) in [6.45, 7) is 1.53. The van der Waals surface area contributed by atoms with Crippen LogP contribution in [0, 0.1) is 5.92 Å². The highest BCUT2D eigenvalue weighted by atomic mass is 16.5. The summed E-state index contributed by atoms with van der Waals surface area (Å²) in [5.74, 6) is -0.400. The summed E-state index contributed by atoms with van der Waals surface area (Å²) in [6, 6.07) is 0.412. The fraction of sp³-hybridized carbons (Fsp3) is 0.889. The number of carboxylic acid groups (broad SMARTS) is 1. The molecule has 13 heavy (non-hydrogen) atoms. The van der Waals surface area contributed by atoms with Crippen molar-refractivity contribution < 1.29 is 14.6 Å². The number of hydrogen-bond donors (Lipinski definition) is 2. The van der Waals surface area contributed by atoms with E-state index < -0.39 is 5.97 Å². The topological polar surface area (TPSA) is 58.6 Å². The third kappa shape index (κ3) is 3.74. The summed E-state index contributed by atoms with van der Waals surface area (Å²) >= 11 is 0. The standard InChI is InChI=1S/C9H17NO3/c1-13-6-8-3-2-7(5-10-8)4-9(11)12/h7-8,10H,2-6H2,1H3,(H,11,12). The maximum Gasteiger partial charge on any atom is 0.303 e. The Hall–Kier alpha value is -0.610. The molecule has 1 rings (SSSR count). The number of aliphatic carboxylic acids is 1. The van der Waals surface area contributed by atoms with Crippen molar-refractivity contribution in [2.75, 3.05) is 20.3 Å². The zero-order chi connectivity index (χ0) is 9.68. The van der Waals surface area contributed by atoms with Crippen molar-refractivity contribution >= 4 is 5.97 Å². The second-order valence-corrected chi connectivity index (χ2v) is 3.60. The van der Waals surface area contributed by atoms with Gasteiger partial charge < -0.3 is 15.2 Å². The van der Waals surface area contributed by atoms with Gasteiger partial charge in [-0.2, -0.15) is 0 Å². The van der Waals surface area contributed by atoms with Crippen molar-refractivity contribution in [2.24, 2.45) is 5.92 Å². The van der Waals surface area contributed by atoms with E-state index in [0.29, 0.717) is 12.0 Å². The van der Waals surface area contributed by atoms with E-state index in [0.717, 1.165) is 26.0 Å². The lowest BCUT2D eigenvalue weighted by Gasteiger charge is -2.28. The van der Waals surface area contributed by atoms with Crippen LogP contribution in [0.1, 0.15) is 19.3 Å². The second kappa shape index (κ2) is 5.19. The number of hydrogen-bond acceptors (Lipinski definition) is 3. The van der Waals surface area contributed by atoms with Gasteiger partial charge in [0, 0.05) is 19.6 Å². The first-order valence-electron chi connectivity index (χ1n) is 4.66. The van der Waals surface area contributed by atoms with Crippen LogP contribution in [0.5, 0.6) is 0 Å². The second-order valence-electron chi connectivity index (χ2n) is 3.60. The molecule has 0 aromatic heterocycles. The first-order valence-corrected chi connectivity index (χ1v) is 4.66. The first kappa shape index (κ1) is 10.5. The number of nitrogens with one attached hydrogen (secondary N) is 1. The fourth-order valence-corrected chi connectivity index (χ4v) is 1.74. The third-order valence-electron chi connectivity index (χ3n) is 2.45. The van der Waals surface area contributed by atoms with Crippen LogP contribution in [-0.4, -0.2) is 37.4 Å². The average molecular weight is 187 g/mol. The van der Waals surface area contributed by atoms with Crippen LogP contribution in [0.3, 0.4) is 0 Å². The van der Waals surface area contributed by atoms with Gasteiger partial charge in [0.05, 0.1) is 6.61 Å². The maximum absolute atomic E-state index is 10.4. The predicted molar refractivity (Wildman–Crippen MR) is 48.6 cm³/mol. The Labute approximate surface area is 78.3 Å². The maximum atomic E-state index is 10.4. The zero-order valence-electron chi connectivity index (χ0n) is 7.95. The van der Waals surface area contributed by atoms with Gasteiger partial charge in [-0.05, 0) is 25.3 Å². The van der Waals surface area contributed by atoms with E-state index in [1.807, 2.05) is 0 Å². The van der Waals surface area contributed by atoms with E-state index >= 15 is 0 Å². The highest BCUT2D eigenvalue weighted by Gasteiger charge is 2.21. The lowest BCUT2D eigenvalue weighted by Crippen LogP contribution is -2.42. The minimum atomic E-state index is -0.697. The molecule has 1 heterocycles. The molecule has 1 saturated heterocycles. The number of ether oxygens (including phenoxy) is 1. The number of piperidine rings is 1. The lowest BCUT2D eigenvalue weighted by atomic mass is 9.92. The average Bonchev–Trinajstić information content (AvgIpc) is 2.08. The highest BCUT2D eigenvalue weighted by molar-refractivity contribution is 5.67. The van der Waals surface area contributed by atoms with Crippen LogP contribution in [0.4, 0.5) is 0 Å². The predicted octanol–water partition coefficient (Wildman–Crippen LogP) is 0.476. The quantitative estimate of drug-likeness (QED) is 0.672. The van der Waals surface area contributed by atoms with Gasteiger partial charge in [0.1, 0.15) is 0 Å².